The van der Waals surface area contributed by atoms with E-state index in [9.17, 15) is 14.4 Å². The average Bonchev–Trinajstić information content (AvgIpc) is 3.19. The van der Waals surface area contributed by atoms with Crippen molar-refractivity contribution in [2.24, 2.45) is 5.92 Å². The third-order valence-corrected chi connectivity index (χ3v) is 5.98. The van der Waals surface area contributed by atoms with Gasteiger partial charge in [0.2, 0.25) is 5.91 Å². The lowest BCUT2D eigenvalue weighted by Crippen LogP contribution is -2.53. The van der Waals surface area contributed by atoms with Gasteiger partial charge < -0.3 is 14.8 Å². The van der Waals surface area contributed by atoms with Crippen LogP contribution >= 0.6 is 0 Å². The highest BCUT2D eigenvalue weighted by molar-refractivity contribution is 5.90. The Balaban J connectivity index is 1.72. The smallest absolute Gasteiger partial charge is 0.410 e. The van der Waals surface area contributed by atoms with Crippen LogP contribution in [0.4, 0.5) is 4.79 Å². The number of carbonyl (C=O) groups excluding carboxylic acids is 3. The number of nitrogens with zero attached hydrogens (tertiary/aromatic N) is 1. The Morgan fingerprint density at radius 3 is 2.62 bits per heavy atom. The number of fused-ring (bicyclic) bond motifs is 1. The van der Waals surface area contributed by atoms with Gasteiger partial charge in [0.05, 0.1) is 13.7 Å². The molecule has 0 bridgehead atoms. The Morgan fingerprint density at radius 1 is 1.16 bits per heavy atom. The van der Waals surface area contributed by atoms with E-state index >= 15 is 0 Å². The quantitative estimate of drug-likeness (QED) is 0.500. The lowest BCUT2D eigenvalue weighted by atomic mass is 9.99. The number of likely N-dealkylation sites (tertiary alicyclic amines) is 1. The number of ether oxygens (including phenoxy) is 2. The molecule has 1 fully saturated rings. The maximum Gasteiger partial charge on any atom is 0.410 e. The molecule has 1 aliphatic rings. The monoisotopic (exact) mass is 440 g/mol. The van der Waals surface area contributed by atoms with Gasteiger partial charge in [-0.3, -0.25) is 9.69 Å². The van der Waals surface area contributed by atoms with E-state index in [1.165, 1.54) is 12.0 Å². The van der Waals surface area contributed by atoms with Crippen molar-refractivity contribution in [3.63, 3.8) is 0 Å². The second-order valence-electron chi connectivity index (χ2n) is 8.34. The normalized spacial score (nSPS) is 18.9. The Labute approximate surface area is 189 Å². The third kappa shape index (κ3) is 5.58. The molecule has 3 atom stereocenters. The van der Waals surface area contributed by atoms with Crippen LogP contribution in [0, 0.1) is 5.92 Å². The van der Waals surface area contributed by atoms with Crippen molar-refractivity contribution in [2.45, 2.75) is 51.6 Å². The summed E-state index contributed by atoms with van der Waals surface area (Å²) in [6.07, 6.45) is 2.22. The fraction of sp³-hybridized carbons (Fsp3) is 0.480. The lowest BCUT2D eigenvalue weighted by molar-refractivity contribution is -0.145. The Hall–Kier alpha value is -3.09. The summed E-state index contributed by atoms with van der Waals surface area (Å²) in [6.45, 7) is 4.74. The molecule has 1 N–H and O–H groups in total. The van der Waals surface area contributed by atoms with Gasteiger partial charge in [-0.05, 0) is 35.1 Å². The van der Waals surface area contributed by atoms with Crippen molar-refractivity contribution < 1.29 is 23.9 Å². The minimum absolute atomic E-state index is 0.0345. The molecule has 3 rings (SSSR count). The van der Waals surface area contributed by atoms with Crippen molar-refractivity contribution in [2.75, 3.05) is 20.3 Å². The van der Waals surface area contributed by atoms with Crippen molar-refractivity contribution in [3.8, 4) is 0 Å². The highest BCUT2D eigenvalue weighted by atomic mass is 16.6. The average molecular weight is 441 g/mol. The van der Waals surface area contributed by atoms with E-state index in [2.05, 4.69) is 5.32 Å². The summed E-state index contributed by atoms with van der Waals surface area (Å²) in [5, 5.41) is 4.99. The summed E-state index contributed by atoms with van der Waals surface area (Å²) < 4.78 is 10.3. The summed E-state index contributed by atoms with van der Waals surface area (Å²) in [7, 11) is 1.30. The van der Waals surface area contributed by atoms with Crippen LogP contribution in [0.15, 0.2) is 42.5 Å². The summed E-state index contributed by atoms with van der Waals surface area (Å²) in [4.78, 5) is 39.6. The van der Waals surface area contributed by atoms with E-state index in [-0.39, 0.29) is 11.8 Å². The molecule has 32 heavy (non-hydrogen) atoms. The van der Waals surface area contributed by atoms with Crippen molar-refractivity contribution in [1.29, 1.82) is 0 Å². The molecule has 1 heterocycles. The van der Waals surface area contributed by atoms with Gasteiger partial charge in [-0.2, -0.15) is 0 Å². The maximum absolute atomic E-state index is 13.2. The molecular formula is C25H32N2O5. The highest BCUT2D eigenvalue weighted by Crippen LogP contribution is 2.25. The number of nitrogens with one attached hydrogen (secondary N) is 1. The van der Waals surface area contributed by atoms with Crippen LogP contribution in [0.25, 0.3) is 10.8 Å². The number of methoxy groups -OCH3 is 1. The van der Waals surface area contributed by atoms with Gasteiger partial charge in [0.25, 0.3) is 0 Å². The van der Waals surface area contributed by atoms with Crippen molar-refractivity contribution >= 4 is 28.7 Å². The second-order valence-corrected chi connectivity index (χ2v) is 8.34. The number of hydrogen-bond donors (Lipinski definition) is 1. The molecule has 0 aliphatic carbocycles. The SMILES string of the molecule is CCCCOC(=O)N1CC[C@@H](C)[C@H]1C(=O)N[C@@H](Cc1ccc2ccccc2c1)C(=O)OC. The van der Waals surface area contributed by atoms with Gasteiger partial charge in [0, 0.05) is 13.0 Å². The Kier molecular flexibility index (Phi) is 8.09. The van der Waals surface area contributed by atoms with E-state index in [0.717, 1.165) is 29.2 Å². The van der Waals surface area contributed by atoms with Crippen molar-refractivity contribution in [3.05, 3.63) is 48.0 Å². The number of benzene rings is 2. The molecule has 7 heteroatoms. The van der Waals surface area contributed by atoms with Crippen LogP contribution in [0.5, 0.6) is 0 Å². The van der Waals surface area contributed by atoms with Crippen molar-refractivity contribution in [1.82, 2.24) is 10.2 Å². The molecule has 0 aromatic heterocycles. The maximum atomic E-state index is 13.2. The van der Waals surface area contributed by atoms with Crippen LogP contribution in [0.3, 0.4) is 0 Å². The topological polar surface area (TPSA) is 84.9 Å². The van der Waals surface area contributed by atoms with Crippen LogP contribution in [0.2, 0.25) is 0 Å². The first-order chi connectivity index (χ1) is 15.4. The molecule has 7 nitrogen and oxygen atoms in total. The lowest BCUT2D eigenvalue weighted by Gasteiger charge is -2.27. The van der Waals surface area contributed by atoms with Gasteiger partial charge >= 0.3 is 12.1 Å². The molecule has 2 amide bonds. The first-order valence-corrected chi connectivity index (χ1v) is 11.2. The molecule has 172 valence electrons. The highest BCUT2D eigenvalue weighted by Gasteiger charge is 2.41. The molecule has 0 spiro atoms. The van der Waals surface area contributed by atoms with Gasteiger partial charge in [-0.1, -0.05) is 62.7 Å². The number of rotatable bonds is 8. The number of esters is 1. The number of amides is 2. The molecule has 0 radical (unpaired) electrons. The first-order valence-electron chi connectivity index (χ1n) is 11.2. The van der Waals surface area contributed by atoms with Crippen LogP contribution in [-0.4, -0.2) is 55.2 Å². The zero-order valence-electron chi connectivity index (χ0n) is 19.0. The standard InChI is InChI=1S/C25H32N2O5/c1-4-5-14-32-25(30)27-13-12-17(2)22(27)23(28)26-21(24(29)31-3)16-18-10-11-19-8-6-7-9-20(19)15-18/h6-11,15,17,21-22H,4-5,12-14,16H2,1-3H3,(H,26,28)/t17-,21+,22+/m1/s1. The van der Waals surface area contributed by atoms with Crippen LogP contribution in [0.1, 0.15) is 38.7 Å². The molecule has 2 aromatic rings. The van der Waals surface area contributed by atoms with Gasteiger partial charge in [0.15, 0.2) is 0 Å². The number of unbranched alkanes of at least 4 members (excludes halogenated alkanes) is 1. The largest absolute Gasteiger partial charge is 0.467 e. The van der Waals surface area contributed by atoms with E-state index in [0.29, 0.717) is 26.0 Å². The van der Waals surface area contributed by atoms with E-state index in [4.69, 9.17) is 9.47 Å². The third-order valence-electron chi connectivity index (χ3n) is 5.98. The summed E-state index contributed by atoms with van der Waals surface area (Å²) in [5.41, 5.74) is 0.912. The van der Waals surface area contributed by atoms with E-state index in [1.54, 1.807) is 0 Å². The molecule has 1 aliphatic heterocycles. The van der Waals surface area contributed by atoms with Crippen LogP contribution in [-0.2, 0) is 25.5 Å². The van der Waals surface area contributed by atoms with Gasteiger partial charge in [0.1, 0.15) is 12.1 Å². The summed E-state index contributed by atoms with van der Waals surface area (Å²) >= 11 is 0. The minimum Gasteiger partial charge on any atom is -0.467 e. The molecular weight excluding hydrogens is 408 g/mol. The fourth-order valence-electron chi connectivity index (χ4n) is 4.13. The summed E-state index contributed by atoms with van der Waals surface area (Å²) in [6, 6.07) is 12.4. The number of hydrogen-bond acceptors (Lipinski definition) is 5. The van der Waals surface area contributed by atoms with Crippen LogP contribution < -0.4 is 5.32 Å². The zero-order chi connectivity index (χ0) is 23.1. The predicted octanol–water partition coefficient (Wildman–Crippen LogP) is 3.69. The van der Waals surface area contributed by atoms with E-state index in [1.807, 2.05) is 56.3 Å². The molecule has 0 unspecified atom stereocenters. The molecule has 0 saturated carbocycles. The zero-order valence-corrected chi connectivity index (χ0v) is 19.0. The van der Waals surface area contributed by atoms with Gasteiger partial charge in [-0.25, -0.2) is 9.59 Å². The summed E-state index contributed by atoms with van der Waals surface area (Å²) in [5.74, 6) is -0.916. The minimum atomic E-state index is -0.848. The fourth-order valence-corrected chi connectivity index (χ4v) is 4.13. The predicted molar refractivity (Wildman–Crippen MR) is 122 cm³/mol. The van der Waals surface area contributed by atoms with Gasteiger partial charge in [-0.15, -0.1) is 0 Å². The first kappa shape index (κ1) is 23.6. The number of carbonyl (C=O) groups is 3. The Bertz CT molecular complexity index is 960. The Morgan fingerprint density at radius 2 is 1.91 bits per heavy atom. The molecule has 2 aromatic carbocycles. The van der Waals surface area contributed by atoms with E-state index < -0.39 is 24.1 Å². The second kappa shape index (κ2) is 11.0. The molecule has 1 saturated heterocycles.